The van der Waals surface area contributed by atoms with Gasteiger partial charge in [-0.25, -0.2) is 8.42 Å². The number of aromatic nitrogens is 2. The third-order valence-electron chi connectivity index (χ3n) is 3.80. The van der Waals surface area contributed by atoms with Crippen molar-refractivity contribution in [1.29, 1.82) is 0 Å². The minimum Gasteiger partial charge on any atom is -0.364 e. The van der Waals surface area contributed by atoms with Crippen LogP contribution >= 0.6 is 0 Å². The Labute approximate surface area is 140 Å². The highest BCUT2D eigenvalue weighted by molar-refractivity contribution is 7.89. The molecule has 1 saturated heterocycles. The van der Waals surface area contributed by atoms with Crippen molar-refractivity contribution in [3.63, 3.8) is 0 Å². The van der Waals surface area contributed by atoms with E-state index in [-0.39, 0.29) is 31.1 Å². The van der Waals surface area contributed by atoms with Crippen molar-refractivity contribution >= 4 is 15.7 Å². The number of piperazine rings is 1. The molecule has 3 heterocycles. The summed E-state index contributed by atoms with van der Waals surface area (Å²) in [5, 5.41) is 0. The zero-order chi connectivity index (χ0) is 18.2. The molecular weight excluding hydrogens is 364 g/mol. The molecule has 0 bridgehead atoms. The van der Waals surface area contributed by atoms with E-state index in [1.165, 1.54) is 24.5 Å². The number of halogens is 4. The van der Waals surface area contributed by atoms with E-state index in [1.807, 2.05) is 0 Å². The van der Waals surface area contributed by atoms with Gasteiger partial charge in [-0.3, -0.25) is 4.98 Å². The number of hydrogen-bond acceptors (Lipinski definition) is 5. The zero-order valence-corrected chi connectivity index (χ0v) is 13.5. The second kappa shape index (κ2) is 6.56. The van der Waals surface area contributed by atoms with E-state index in [4.69, 9.17) is 0 Å². The molecule has 6 nitrogen and oxygen atoms in total. The topological polar surface area (TPSA) is 66.4 Å². The summed E-state index contributed by atoms with van der Waals surface area (Å²) in [7, 11) is -3.81. The fraction of sp³-hybridized carbons (Fsp3) is 0.286. The standard InChI is InChI=1S/C14H12F4N4O2S/c15-10-12(11(16)14(18)20-13(10)17)21-4-6-22(7-5-21)25(23,24)9-2-1-3-19-8-9/h1-3,8H,4-7H2. The number of nitrogens with zero attached hydrogens (tertiary/aromatic N) is 4. The first kappa shape index (κ1) is 17.5. The van der Waals surface area contributed by atoms with Crippen LogP contribution in [0.25, 0.3) is 0 Å². The Kier molecular flexibility index (Phi) is 4.60. The molecule has 0 spiro atoms. The Morgan fingerprint density at radius 1 is 0.960 bits per heavy atom. The summed E-state index contributed by atoms with van der Waals surface area (Å²) in [4.78, 5) is 7.28. The summed E-state index contributed by atoms with van der Waals surface area (Å²) >= 11 is 0. The number of pyridine rings is 2. The van der Waals surface area contributed by atoms with Gasteiger partial charge in [0.25, 0.3) is 11.9 Å². The molecule has 11 heteroatoms. The van der Waals surface area contributed by atoms with Gasteiger partial charge in [-0.15, -0.1) is 0 Å². The molecule has 25 heavy (non-hydrogen) atoms. The summed E-state index contributed by atoms with van der Waals surface area (Å²) in [6.45, 7) is -0.504. The van der Waals surface area contributed by atoms with Crippen molar-refractivity contribution in [2.45, 2.75) is 4.90 Å². The van der Waals surface area contributed by atoms with E-state index in [1.54, 1.807) is 0 Å². The summed E-state index contributed by atoms with van der Waals surface area (Å²) in [5.41, 5.74) is -0.886. The number of hydrogen-bond donors (Lipinski definition) is 0. The molecule has 0 radical (unpaired) electrons. The first-order valence-electron chi connectivity index (χ1n) is 7.17. The Morgan fingerprint density at radius 3 is 2.08 bits per heavy atom. The molecule has 3 rings (SSSR count). The Bertz CT molecular complexity index is 861. The van der Waals surface area contributed by atoms with Crippen LogP contribution in [0, 0.1) is 23.5 Å². The predicted octanol–water partition coefficient (Wildman–Crippen LogP) is 1.54. The molecule has 1 aliphatic heterocycles. The molecule has 1 aliphatic rings. The van der Waals surface area contributed by atoms with Crippen molar-refractivity contribution < 1.29 is 26.0 Å². The van der Waals surface area contributed by atoms with Crippen molar-refractivity contribution in [3.05, 3.63) is 48.1 Å². The molecule has 2 aromatic heterocycles. The van der Waals surface area contributed by atoms with Crippen LogP contribution in [0.1, 0.15) is 0 Å². The van der Waals surface area contributed by atoms with E-state index in [9.17, 15) is 26.0 Å². The van der Waals surface area contributed by atoms with Gasteiger partial charge >= 0.3 is 0 Å². The van der Waals surface area contributed by atoms with Crippen molar-refractivity contribution in [3.8, 4) is 0 Å². The molecule has 2 aromatic rings. The van der Waals surface area contributed by atoms with Gasteiger partial charge in [-0.1, -0.05) is 0 Å². The van der Waals surface area contributed by atoms with Crippen LogP contribution in [0.3, 0.4) is 0 Å². The maximum absolute atomic E-state index is 13.8. The van der Waals surface area contributed by atoms with Gasteiger partial charge in [0.2, 0.25) is 21.7 Å². The molecule has 0 N–H and O–H groups in total. The van der Waals surface area contributed by atoms with E-state index in [2.05, 4.69) is 9.97 Å². The van der Waals surface area contributed by atoms with Crippen molar-refractivity contribution in [2.75, 3.05) is 31.1 Å². The zero-order valence-electron chi connectivity index (χ0n) is 12.7. The lowest BCUT2D eigenvalue weighted by Crippen LogP contribution is -2.49. The second-order valence-electron chi connectivity index (χ2n) is 5.25. The second-order valence-corrected chi connectivity index (χ2v) is 7.19. The minimum absolute atomic E-state index is 0.0122. The van der Waals surface area contributed by atoms with Gasteiger partial charge < -0.3 is 4.90 Å². The largest absolute Gasteiger partial charge is 0.364 e. The minimum atomic E-state index is -3.81. The summed E-state index contributed by atoms with van der Waals surface area (Å²) < 4.78 is 80.1. The monoisotopic (exact) mass is 376 g/mol. The smallest absolute Gasteiger partial charge is 0.253 e. The molecular formula is C14H12F4N4O2S. The Hall–Kier alpha value is -2.27. The lowest BCUT2D eigenvalue weighted by atomic mass is 10.2. The van der Waals surface area contributed by atoms with Crippen LogP contribution < -0.4 is 4.90 Å². The molecule has 0 aliphatic carbocycles. The summed E-state index contributed by atoms with van der Waals surface area (Å²) in [6.07, 6.45) is 2.61. The third kappa shape index (κ3) is 3.16. The number of rotatable bonds is 3. The van der Waals surface area contributed by atoms with Crippen molar-refractivity contribution in [2.24, 2.45) is 0 Å². The maximum atomic E-state index is 13.8. The van der Waals surface area contributed by atoms with E-state index in [0.29, 0.717) is 0 Å². The van der Waals surface area contributed by atoms with Crippen LogP contribution in [0.15, 0.2) is 29.4 Å². The van der Waals surface area contributed by atoms with E-state index >= 15 is 0 Å². The van der Waals surface area contributed by atoms with E-state index < -0.39 is 39.2 Å². The van der Waals surface area contributed by atoms with Gasteiger partial charge in [0.05, 0.1) is 0 Å². The number of sulfonamides is 1. The first-order chi connectivity index (χ1) is 11.8. The summed E-state index contributed by atoms with van der Waals surface area (Å²) in [6, 6.07) is 2.85. The first-order valence-corrected chi connectivity index (χ1v) is 8.61. The highest BCUT2D eigenvalue weighted by Crippen LogP contribution is 2.28. The highest BCUT2D eigenvalue weighted by Gasteiger charge is 2.32. The fourth-order valence-corrected chi connectivity index (χ4v) is 3.94. The SMILES string of the molecule is O=S(=O)(c1cccnc1)N1CCN(c2c(F)c(F)nc(F)c2F)CC1. The highest BCUT2D eigenvalue weighted by atomic mass is 32.2. The molecule has 0 saturated carbocycles. The Morgan fingerprint density at radius 2 is 1.56 bits per heavy atom. The quantitative estimate of drug-likeness (QED) is 0.601. The third-order valence-corrected chi connectivity index (χ3v) is 5.68. The average molecular weight is 376 g/mol. The van der Waals surface area contributed by atoms with Crippen LogP contribution in [0.4, 0.5) is 23.2 Å². The molecule has 1 fully saturated rings. The Balaban J connectivity index is 1.82. The van der Waals surface area contributed by atoms with Gasteiger partial charge in [0.15, 0.2) is 0 Å². The van der Waals surface area contributed by atoms with Gasteiger partial charge in [-0.05, 0) is 12.1 Å². The maximum Gasteiger partial charge on any atom is 0.253 e. The summed E-state index contributed by atoms with van der Waals surface area (Å²) in [5.74, 6) is -6.72. The van der Waals surface area contributed by atoms with Gasteiger partial charge in [0.1, 0.15) is 10.6 Å². The van der Waals surface area contributed by atoms with E-state index in [0.717, 1.165) is 9.21 Å². The lowest BCUT2D eigenvalue weighted by Gasteiger charge is -2.35. The molecule has 0 aromatic carbocycles. The van der Waals surface area contributed by atoms with Crippen LogP contribution in [0.5, 0.6) is 0 Å². The fourth-order valence-electron chi connectivity index (χ4n) is 2.55. The van der Waals surface area contributed by atoms with Gasteiger partial charge in [0, 0.05) is 38.6 Å². The van der Waals surface area contributed by atoms with Crippen LogP contribution in [-0.4, -0.2) is 48.9 Å². The molecule has 134 valence electrons. The molecule has 0 unspecified atom stereocenters. The predicted molar refractivity (Wildman–Crippen MR) is 79.3 cm³/mol. The number of anilines is 1. The lowest BCUT2D eigenvalue weighted by molar-refractivity contribution is 0.369. The molecule has 0 amide bonds. The van der Waals surface area contributed by atoms with Crippen LogP contribution in [-0.2, 0) is 10.0 Å². The normalized spacial score (nSPS) is 16.2. The average Bonchev–Trinajstić information content (AvgIpc) is 2.61. The van der Waals surface area contributed by atoms with Crippen LogP contribution in [0.2, 0.25) is 0 Å². The molecule has 0 atom stereocenters. The van der Waals surface area contributed by atoms with Crippen molar-refractivity contribution in [1.82, 2.24) is 14.3 Å². The van der Waals surface area contributed by atoms with Gasteiger partial charge in [-0.2, -0.15) is 26.9 Å².